The molecule has 126 valence electrons. The van der Waals surface area contributed by atoms with Gasteiger partial charge in [0.05, 0.1) is 10.6 Å². The molecule has 1 saturated carbocycles. The number of aromatic hydroxyl groups is 1. The molecular weight excluding hydrogens is 319 g/mol. The van der Waals surface area contributed by atoms with Crippen LogP contribution >= 0.6 is 11.6 Å². The minimum atomic E-state index is -0.902. The zero-order chi connectivity index (χ0) is 16.7. The van der Waals surface area contributed by atoms with Gasteiger partial charge in [-0.15, -0.1) is 0 Å². The first-order valence-corrected chi connectivity index (χ1v) is 8.51. The van der Waals surface area contributed by atoms with Gasteiger partial charge in [0.25, 0.3) is 5.91 Å². The molecule has 1 aromatic carbocycles. The van der Waals surface area contributed by atoms with Gasteiger partial charge in [0.2, 0.25) is 0 Å². The number of carbonyl (C=O) groups is 1. The van der Waals surface area contributed by atoms with E-state index in [1.54, 1.807) is 4.90 Å². The zero-order valence-corrected chi connectivity index (χ0v) is 13.9. The van der Waals surface area contributed by atoms with Gasteiger partial charge in [0, 0.05) is 19.1 Å². The number of amides is 1. The molecular formula is C17H22ClFN2O2. The Labute approximate surface area is 140 Å². The van der Waals surface area contributed by atoms with Gasteiger partial charge in [-0.25, -0.2) is 4.39 Å². The van der Waals surface area contributed by atoms with Gasteiger partial charge < -0.3 is 15.7 Å². The van der Waals surface area contributed by atoms with Crippen LogP contribution in [0.4, 0.5) is 4.39 Å². The number of benzene rings is 1. The molecule has 1 heterocycles. The molecule has 6 heteroatoms. The summed E-state index contributed by atoms with van der Waals surface area (Å²) in [5, 5.41) is 9.54. The summed E-state index contributed by atoms with van der Waals surface area (Å²) >= 11 is 5.80. The molecule has 1 unspecified atom stereocenters. The number of phenolic OH excluding ortho intramolecular Hbond substituents is 1. The number of phenols is 1. The van der Waals surface area contributed by atoms with E-state index in [4.69, 9.17) is 17.3 Å². The number of hydrogen-bond acceptors (Lipinski definition) is 3. The quantitative estimate of drug-likeness (QED) is 0.887. The molecule has 3 N–H and O–H groups in total. The van der Waals surface area contributed by atoms with Crippen molar-refractivity contribution in [1.29, 1.82) is 0 Å². The molecule has 2 aliphatic rings. The summed E-state index contributed by atoms with van der Waals surface area (Å²) in [4.78, 5) is 14.1. The number of nitrogens with zero attached hydrogens (tertiary/aromatic N) is 1. The van der Waals surface area contributed by atoms with E-state index in [1.807, 2.05) is 6.92 Å². The highest BCUT2D eigenvalue weighted by Crippen LogP contribution is 2.37. The highest BCUT2D eigenvalue weighted by atomic mass is 35.5. The Bertz CT molecular complexity index is 628. The highest BCUT2D eigenvalue weighted by molar-refractivity contribution is 6.32. The van der Waals surface area contributed by atoms with E-state index >= 15 is 0 Å². The maximum atomic E-state index is 14.1. The summed E-state index contributed by atoms with van der Waals surface area (Å²) in [6, 6.07) is 1.70. The fourth-order valence-corrected chi connectivity index (χ4v) is 4.02. The van der Waals surface area contributed by atoms with Gasteiger partial charge in [0.1, 0.15) is 0 Å². The van der Waals surface area contributed by atoms with Crippen molar-refractivity contribution in [2.24, 2.45) is 17.6 Å². The Morgan fingerprint density at radius 1 is 1.43 bits per heavy atom. The number of carbonyl (C=O) groups excluding carboxylic acids is 1. The second-order valence-electron chi connectivity index (χ2n) is 6.88. The first-order chi connectivity index (χ1) is 10.9. The van der Waals surface area contributed by atoms with Crippen LogP contribution in [-0.4, -0.2) is 28.5 Å². The molecule has 4 nitrogen and oxygen atoms in total. The van der Waals surface area contributed by atoms with Crippen LogP contribution in [0.25, 0.3) is 0 Å². The summed E-state index contributed by atoms with van der Waals surface area (Å²) in [5.41, 5.74) is 6.48. The molecule has 23 heavy (non-hydrogen) atoms. The summed E-state index contributed by atoms with van der Waals surface area (Å²) in [6.07, 6.45) is 4.25. The lowest BCUT2D eigenvalue weighted by molar-refractivity contribution is 0.0723. The molecule has 1 aliphatic heterocycles. The average Bonchev–Trinajstić information content (AvgIpc) is 2.81. The van der Waals surface area contributed by atoms with Crippen molar-refractivity contribution < 1.29 is 14.3 Å². The predicted octanol–water partition coefficient (Wildman–Crippen LogP) is 3.29. The van der Waals surface area contributed by atoms with E-state index in [0.717, 1.165) is 25.7 Å². The number of nitrogens with two attached hydrogens (primary N) is 1. The summed E-state index contributed by atoms with van der Waals surface area (Å²) in [6.45, 7) is 3.03. The van der Waals surface area contributed by atoms with Gasteiger partial charge in [-0.1, -0.05) is 11.6 Å². The van der Waals surface area contributed by atoms with E-state index in [1.165, 1.54) is 6.07 Å². The van der Waals surface area contributed by atoms with Crippen molar-refractivity contribution in [2.45, 2.75) is 45.2 Å². The molecule has 3 rings (SSSR count). The predicted molar refractivity (Wildman–Crippen MR) is 86.9 cm³/mol. The topological polar surface area (TPSA) is 66.6 Å². The van der Waals surface area contributed by atoms with Gasteiger partial charge in [0.15, 0.2) is 11.6 Å². The van der Waals surface area contributed by atoms with Crippen LogP contribution < -0.4 is 5.73 Å². The normalized spacial score (nSPS) is 25.6. The molecule has 0 spiro atoms. The van der Waals surface area contributed by atoms with Gasteiger partial charge in [-0.2, -0.15) is 0 Å². The molecule has 1 aromatic rings. The second kappa shape index (κ2) is 6.29. The van der Waals surface area contributed by atoms with E-state index in [9.17, 15) is 14.3 Å². The first-order valence-electron chi connectivity index (χ1n) is 8.13. The van der Waals surface area contributed by atoms with E-state index in [2.05, 4.69) is 0 Å². The smallest absolute Gasteiger partial charge is 0.257 e. The third-order valence-corrected chi connectivity index (χ3v) is 5.54. The molecule has 0 saturated heterocycles. The molecule has 0 aromatic heterocycles. The number of halogens is 2. The van der Waals surface area contributed by atoms with E-state index in [-0.39, 0.29) is 22.5 Å². The molecule has 0 radical (unpaired) electrons. The zero-order valence-electron chi connectivity index (χ0n) is 13.2. The third kappa shape index (κ3) is 3.04. The number of hydrogen-bond donors (Lipinski definition) is 2. The lowest BCUT2D eigenvalue weighted by Crippen LogP contribution is -2.35. The first kappa shape index (κ1) is 16.5. The van der Waals surface area contributed by atoms with Crippen molar-refractivity contribution in [1.82, 2.24) is 4.90 Å². The minimum absolute atomic E-state index is 0.0313. The van der Waals surface area contributed by atoms with Crippen LogP contribution in [0.5, 0.6) is 5.75 Å². The fraction of sp³-hybridized carbons (Fsp3) is 0.588. The Kier molecular flexibility index (Phi) is 4.52. The monoisotopic (exact) mass is 340 g/mol. The number of rotatable bonds is 3. The fourth-order valence-electron chi connectivity index (χ4n) is 3.80. The Morgan fingerprint density at radius 3 is 2.70 bits per heavy atom. The lowest BCUT2D eigenvalue weighted by atomic mass is 9.79. The molecule has 0 bridgehead atoms. The largest absolute Gasteiger partial charge is 0.504 e. The second-order valence-corrected chi connectivity index (χ2v) is 7.29. The molecule has 1 fully saturated rings. The van der Waals surface area contributed by atoms with Gasteiger partial charge >= 0.3 is 0 Å². The average molecular weight is 341 g/mol. The van der Waals surface area contributed by atoms with Crippen LogP contribution in [0.15, 0.2) is 6.07 Å². The van der Waals surface area contributed by atoms with E-state index in [0.29, 0.717) is 30.5 Å². The Balaban J connectivity index is 1.68. The molecule has 1 atom stereocenters. The van der Waals surface area contributed by atoms with Crippen molar-refractivity contribution in [3.05, 3.63) is 28.0 Å². The minimum Gasteiger partial charge on any atom is -0.504 e. The van der Waals surface area contributed by atoms with Crippen LogP contribution in [0.2, 0.25) is 5.02 Å². The Hall–Kier alpha value is -1.33. The van der Waals surface area contributed by atoms with Crippen LogP contribution in [0.1, 0.15) is 48.5 Å². The Morgan fingerprint density at radius 2 is 2.09 bits per heavy atom. The number of fused-ring (bicyclic) bond motifs is 1. The molecule has 1 aliphatic carbocycles. The maximum Gasteiger partial charge on any atom is 0.257 e. The van der Waals surface area contributed by atoms with Crippen LogP contribution in [-0.2, 0) is 6.54 Å². The molecule has 1 amide bonds. The third-order valence-electron chi connectivity index (χ3n) is 5.25. The van der Waals surface area contributed by atoms with Crippen LogP contribution in [0.3, 0.4) is 0 Å². The summed E-state index contributed by atoms with van der Waals surface area (Å²) in [5.74, 6) is -0.904. The lowest BCUT2D eigenvalue weighted by Gasteiger charge is -2.32. The van der Waals surface area contributed by atoms with Crippen molar-refractivity contribution in [3.8, 4) is 5.75 Å². The van der Waals surface area contributed by atoms with Gasteiger partial charge in [-0.05, 0) is 56.1 Å². The van der Waals surface area contributed by atoms with Gasteiger partial charge in [-0.3, -0.25) is 4.79 Å². The van der Waals surface area contributed by atoms with Crippen molar-refractivity contribution in [3.63, 3.8) is 0 Å². The van der Waals surface area contributed by atoms with Crippen LogP contribution in [0, 0.1) is 17.7 Å². The van der Waals surface area contributed by atoms with Crippen molar-refractivity contribution in [2.75, 3.05) is 6.54 Å². The highest BCUT2D eigenvalue weighted by Gasteiger charge is 2.35. The summed E-state index contributed by atoms with van der Waals surface area (Å²) < 4.78 is 14.1. The standard InChI is InChI=1S/C17H22ClFN2O2/c1-9(20)11-4-2-10(3-5-11)7-21-8-12-6-13(18)16(22)15(19)14(12)17(21)23/h6,9-11,22H,2-5,7-8,20H2,1H3. The van der Waals surface area contributed by atoms with E-state index < -0.39 is 11.6 Å². The summed E-state index contributed by atoms with van der Waals surface area (Å²) in [7, 11) is 0. The maximum absolute atomic E-state index is 14.1. The van der Waals surface area contributed by atoms with Crippen molar-refractivity contribution >= 4 is 17.5 Å². The SMILES string of the molecule is CC(N)C1CCC(CN2Cc3cc(Cl)c(O)c(F)c3C2=O)CC1.